The summed E-state index contributed by atoms with van der Waals surface area (Å²) in [6.45, 7) is 2.15. The summed E-state index contributed by atoms with van der Waals surface area (Å²) in [5, 5.41) is 10.4. The van der Waals surface area contributed by atoms with Gasteiger partial charge in [0.1, 0.15) is 17.1 Å². The van der Waals surface area contributed by atoms with Crippen LogP contribution in [0.15, 0.2) is 28.7 Å². The molecule has 2 nitrogen and oxygen atoms in total. The van der Waals surface area contributed by atoms with E-state index in [9.17, 15) is 5.11 Å². The Kier molecular flexibility index (Phi) is 2.44. The molecule has 1 heterocycles. The average molecular weight is 190 g/mol. The standard InChI is InChI=1S/C12H14O2/c1-2-3-5-9-8-10-11(13)6-4-7-12(10)14-9/h4,6-8,13H,2-3,5H2,1H3. The van der Waals surface area contributed by atoms with Gasteiger partial charge in [-0.1, -0.05) is 19.4 Å². The van der Waals surface area contributed by atoms with Crippen molar-refractivity contribution in [3.8, 4) is 5.75 Å². The summed E-state index contributed by atoms with van der Waals surface area (Å²) >= 11 is 0. The Morgan fingerprint density at radius 1 is 1.36 bits per heavy atom. The molecule has 0 atom stereocenters. The van der Waals surface area contributed by atoms with Gasteiger partial charge in [0.15, 0.2) is 0 Å². The van der Waals surface area contributed by atoms with Crippen LogP contribution in [0.2, 0.25) is 0 Å². The molecule has 0 saturated heterocycles. The summed E-state index contributed by atoms with van der Waals surface area (Å²) in [7, 11) is 0. The zero-order valence-electron chi connectivity index (χ0n) is 8.29. The molecule has 2 aromatic rings. The second kappa shape index (κ2) is 3.74. The number of aryl methyl sites for hydroxylation is 1. The molecule has 0 radical (unpaired) electrons. The largest absolute Gasteiger partial charge is 0.507 e. The quantitative estimate of drug-likeness (QED) is 0.803. The molecule has 0 aliphatic rings. The maximum Gasteiger partial charge on any atom is 0.137 e. The molecule has 14 heavy (non-hydrogen) atoms. The van der Waals surface area contributed by atoms with Crippen LogP contribution in [0.1, 0.15) is 25.5 Å². The third kappa shape index (κ3) is 1.60. The van der Waals surface area contributed by atoms with Crippen molar-refractivity contribution in [2.45, 2.75) is 26.2 Å². The lowest BCUT2D eigenvalue weighted by molar-refractivity contribution is 0.481. The van der Waals surface area contributed by atoms with Gasteiger partial charge in [0.05, 0.1) is 5.39 Å². The van der Waals surface area contributed by atoms with Crippen LogP contribution in [-0.2, 0) is 6.42 Å². The van der Waals surface area contributed by atoms with Gasteiger partial charge in [-0.2, -0.15) is 0 Å². The van der Waals surface area contributed by atoms with Gasteiger partial charge in [-0.15, -0.1) is 0 Å². The van der Waals surface area contributed by atoms with Gasteiger partial charge >= 0.3 is 0 Å². The Bertz CT molecular complexity index is 429. The van der Waals surface area contributed by atoms with Crippen LogP contribution >= 0.6 is 0 Å². The molecule has 0 aliphatic carbocycles. The van der Waals surface area contributed by atoms with Gasteiger partial charge in [-0.05, 0) is 24.6 Å². The van der Waals surface area contributed by atoms with Crippen LogP contribution in [0.25, 0.3) is 11.0 Å². The fraction of sp³-hybridized carbons (Fsp3) is 0.333. The number of fused-ring (bicyclic) bond motifs is 1. The Balaban J connectivity index is 2.36. The molecule has 2 heteroatoms. The lowest BCUT2D eigenvalue weighted by Crippen LogP contribution is -1.78. The maximum atomic E-state index is 9.55. The monoisotopic (exact) mass is 190 g/mol. The Morgan fingerprint density at radius 2 is 2.21 bits per heavy atom. The van der Waals surface area contributed by atoms with Crippen molar-refractivity contribution in [3.05, 3.63) is 30.0 Å². The molecule has 0 spiro atoms. The number of benzene rings is 1. The van der Waals surface area contributed by atoms with E-state index >= 15 is 0 Å². The summed E-state index contributed by atoms with van der Waals surface area (Å²) in [5.74, 6) is 1.26. The number of furan rings is 1. The van der Waals surface area contributed by atoms with Crippen LogP contribution in [0, 0.1) is 0 Å². The van der Waals surface area contributed by atoms with Gasteiger partial charge in [0, 0.05) is 6.42 Å². The zero-order chi connectivity index (χ0) is 9.97. The fourth-order valence-corrected chi connectivity index (χ4v) is 1.57. The third-order valence-electron chi connectivity index (χ3n) is 2.37. The van der Waals surface area contributed by atoms with Gasteiger partial charge in [-0.3, -0.25) is 0 Å². The minimum absolute atomic E-state index is 0.300. The first-order valence-corrected chi connectivity index (χ1v) is 5.01. The van der Waals surface area contributed by atoms with Crippen molar-refractivity contribution in [2.24, 2.45) is 0 Å². The summed E-state index contributed by atoms with van der Waals surface area (Å²) in [6.07, 6.45) is 3.23. The van der Waals surface area contributed by atoms with E-state index in [-0.39, 0.29) is 0 Å². The van der Waals surface area contributed by atoms with E-state index in [2.05, 4.69) is 6.92 Å². The van der Waals surface area contributed by atoms with Crippen molar-refractivity contribution < 1.29 is 9.52 Å². The number of aromatic hydroxyl groups is 1. The molecule has 2 rings (SSSR count). The Morgan fingerprint density at radius 3 is 2.93 bits per heavy atom. The number of hydrogen-bond donors (Lipinski definition) is 1. The van der Waals surface area contributed by atoms with Gasteiger partial charge in [0.2, 0.25) is 0 Å². The molecule has 74 valence electrons. The topological polar surface area (TPSA) is 33.4 Å². The molecular formula is C12H14O2. The summed E-state index contributed by atoms with van der Waals surface area (Å²) in [4.78, 5) is 0. The van der Waals surface area contributed by atoms with E-state index in [0.29, 0.717) is 5.75 Å². The molecule has 0 aliphatic heterocycles. The first-order chi connectivity index (χ1) is 6.81. The van der Waals surface area contributed by atoms with Crippen molar-refractivity contribution in [1.29, 1.82) is 0 Å². The second-order valence-corrected chi connectivity index (χ2v) is 3.51. The molecule has 0 amide bonds. The molecule has 1 aromatic carbocycles. The second-order valence-electron chi connectivity index (χ2n) is 3.51. The third-order valence-corrected chi connectivity index (χ3v) is 2.37. The number of phenolic OH excluding ortho intramolecular Hbond substituents is 1. The first-order valence-electron chi connectivity index (χ1n) is 5.01. The highest BCUT2D eigenvalue weighted by molar-refractivity contribution is 5.84. The number of unbranched alkanes of at least 4 members (excludes halogenated alkanes) is 1. The molecule has 0 bridgehead atoms. The minimum atomic E-state index is 0.300. The average Bonchev–Trinajstić information content (AvgIpc) is 2.59. The summed E-state index contributed by atoms with van der Waals surface area (Å²) < 4.78 is 5.59. The molecular weight excluding hydrogens is 176 g/mol. The van der Waals surface area contributed by atoms with Crippen LogP contribution in [0.5, 0.6) is 5.75 Å². The van der Waals surface area contributed by atoms with Crippen molar-refractivity contribution >= 4 is 11.0 Å². The highest BCUT2D eigenvalue weighted by atomic mass is 16.3. The van der Waals surface area contributed by atoms with Gasteiger partial charge in [-0.25, -0.2) is 0 Å². The Labute approximate surface area is 83.2 Å². The van der Waals surface area contributed by atoms with Crippen LogP contribution in [-0.4, -0.2) is 5.11 Å². The number of hydrogen-bond acceptors (Lipinski definition) is 2. The smallest absolute Gasteiger partial charge is 0.137 e. The van der Waals surface area contributed by atoms with Crippen LogP contribution < -0.4 is 0 Å². The summed E-state index contributed by atoms with van der Waals surface area (Å²) in [6, 6.07) is 7.29. The van der Waals surface area contributed by atoms with Gasteiger partial charge < -0.3 is 9.52 Å². The number of rotatable bonds is 3. The lowest BCUT2D eigenvalue weighted by atomic mass is 10.2. The Hall–Kier alpha value is -1.44. The van der Waals surface area contributed by atoms with Crippen molar-refractivity contribution in [2.75, 3.05) is 0 Å². The highest BCUT2D eigenvalue weighted by Crippen LogP contribution is 2.27. The number of phenols is 1. The van der Waals surface area contributed by atoms with Crippen LogP contribution in [0.4, 0.5) is 0 Å². The SMILES string of the molecule is CCCCc1cc2c(O)cccc2o1. The van der Waals surface area contributed by atoms with Crippen molar-refractivity contribution in [1.82, 2.24) is 0 Å². The molecule has 0 unspecified atom stereocenters. The van der Waals surface area contributed by atoms with Crippen molar-refractivity contribution in [3.63, 3.8) is 0 Å². The lowest BCUT2D eigenvalue weighted by Gasteiger charge is -1.91. The molecule has 0 fully saturated rings. The predicted octanol–water partition coefficient (Wildman–Crippen LogP) is 3.48. The first kappa shape index (κ1) is 9.13. The van der Waals surface area contributed by atoms with E-state index in [1.54, 1.807) is 12.1 Å². The zero-order valence-corrected chi connectivity index (χ0v) is 8.29. The molecule has 0 saturated carbocycles. The molecule has 1 aromatic heterocycles. The molecule has 1 N–H and O–H groups in total. The maximum absolute atomic E-state index is 9.55. The predicted molar refractivity (Wildman–Crippen MR) is 56.5 cm³/mol. The van der Waals surface area contributed by atoms with E-state index in [0.717, 1.165) is 36.0 Å². The normalized spacial score (nSPS) is 10.9. The van der Waals surface area contributed by atoms with Gasteiger partial charge in [0.25, 0.3) is 0 Å². The van der Waals surface area contributed by atoms with E-state index < -0.39 is 0 Å². The van der Waals surface area contributed by atoms with E-state index in [4.69, 9.17) is 4.42 Å². The van der Waals surface area contributed by atoms with E-state index in [1.807, 2.05) is 12.1 Å². The summed E-state index contributed by atoms with van der Waals surface area (Å²) in [5.41, 5.74) is 0.774. The fourth-order valence-electron chi connectivity index (χ4n) is 1.57. The van der Waals surface area contributed by atoms with E-state index in [1.165, 1.54) is 0 Å². The van der Waals surface area contributed by atoms with Crippen LogP contribution in [0.3, 0.4) is 0 Å². The minimum Gasteiger partial charge on any atom is -0.507 e. The highest BCUT2D eigenvalue weighted by Gasteiger charge is 2.05.